The van der Waals surface area contributed by atoms with Crippen LogP contribution in [0.15, 0.2) is 53.7 Å². The molecule has 3 N–H and O–H groups in total. The van der Waals surface area contributed by atoms with Crippen LogP contribution in [0.2, 0.25) is 0 Å². The molecule has 2 aromatic carbocycles. The first-order valence-corrected chi connectivity index (χ1v) is 9.31. The first-order valence-electron chi connectivity index (χ1n) is 9.31. The number of allylic oxidation sites excluding steroid dienone is 1. The summed E-state index contributed by atoms with van der Waals surface area (Å²) in [4.78, 5) is 27.5. The zero-order valence-electron chi connectivity index (χ0n) is 16.2. The number of anilines is 1. The number of non-ortho nitro benzene ring substituents is 1. The molecule has 3 aromatic rings. The van der Waals surface area contributed by atoms with Gasteiger partial charge in [-0.25, -0.2) is 4.68 Å². The number of nitro groups is 1. The van der Waals surface area contributed by atoms with Crippen molar-refractivity contribution >= 4 is 17.5 Å². The van der Waals surface area contributed by atoms with Crippen LogP contribution < -0.4 is 20.5 Å². The van der Waals surface area contributed by atoms with Crippen LogP contribution in [0.5, 0.6) is 11.5 Å². The summed E-state index contributed by atoms with van der Waals surface area (Å²) in [6, 6.07) is 10.7. The fourth-order valence-electron chi connectivity index (χ4n) is 3.74. The highest BCUT2D eigenvalue weighted by Gasteiger charge is 2.34. The van der Waals surface area contributed by atoms with E-state index < -0.39 is 16.9 Å². The van der Waals surface area contributed by atoms with Gasteiger partial charge in [0.1, 0.15) is 6.04 Å². The predicted octanol–water partition coefficient (Wildman–Crippen LogP) is 2.36. The normalized spacial score (nSPS) is 16.6. The van der Waals surface area contributed by atoms with Crippen molar-refractivity contribution in [3.8, 4) is 22.9 Å². The molecule has 1 aromatic heterocycles. The highest BCUT2D eigenvalue weighted by Crippen LogP contribution is 2.40. The Bertz CT molecular complexity index is 1280. The molecule has 0 saturated carbocycles. The second-order valence-electron chi connectivity index (χ2n) is 7.05. The molecule has 5 rings (SSSR count). The molecule has 11 heteroatoms. The van der Waals surface area contributed by atoms with Gasteiger partial charge in [0.25, 0.3) is 5.69 Å². The summed E-state index contributed by atoms with van der Waals surface area (Å²) in [5, 5.41) is 18.7. The first kappa shape index (κ1) is 18.6. The number of aromatic nitrogens is 3. The van der Waals surface area contributed by atoms with E-state index in [9.17, 15) is 14.9 Å². The fourth-order valence-corrected chi connectivity index (χ4v) is 3.74. The van der Waals surface area contributed by atoms with Crippen LogP contribution in [0.4, 0.5) is 11.6 Å². The number of rotatable bonds is 4. The third-order valence-electron chi connectivity index (χ3n) is 5.15. The van der Waals surface area contributed by atoms with E-state index in [1.807, 2.05) is 0 Å². The lowest BCUT2D eigenvalue weighted by Gasteiger charge is -2.27. The van der Waals surface area contributed by atoms with Gasteiger partial charge in [-0.05, 0) is 24.6 Å². The third kappa shape index (κ3) is 3.03. The molecule has 156 valence electrons. The molecular formula is C20H16N6O5. The number of carbonyl (C=O) groups is 1. The van der Waals surface area contributed by atoms with Crippen molar-refractivity contribution < 1.29 is 19.2 Å². The average Bonchev–Trinajstić information content (AvgIpc) is 3.38. The van der Waals surface area contributed by atoms with Crippen LogP contribution in [0, 0.1) is 10.1 Å². The number of ether oxygens (including phenoxy) is 2. The number of hydrogen-bond acceptors (Lipinski definition) is 8. The van der Waals surface area contributed by atoms with E-state index in [-0.39, 0.29) is 18.3 Å². The smallest absolute Gasteiger partial charge is 0.270 e. The summed E-state index contributed by atoms with van der Waals surface area (Å²) in [5.41, 5.74) is 7.67. The number of nitro benzene ring substituents is 1. The third-order valence-corrected chi connectivity index (χ3v) is 5.15. The van der Waals surface area contributed by atoms with E-state index in [1.54, 1.807) is 41.9 Å². The number of primary amides is 1. The van der Waals surface area contributed by atoms with Crippen LogP contribution >= 0.6 is 0 Å². The molecule has 2 aliphatic rings. The Labute approximate surface area is 175 Å². The van der Waals surface area contributed by atoms with Crippen molar-refractivity contribution in [2.45, 2.75) is 13.0 Å². The summed E-state index contributed by atoms with van der Waals surface area (Å²) in [6.45, 7) is 1.85. The maximum atomic E-state index is 12.3. The Morgan fingerprint density at radius 1 is 1.26 bits per heavy atom. The first-order chi connectivity index (χ1) is 14.9. The lowest BCUT2D eigenvalue weighted by molar-refractivity contribution is -0.384. The largest absolute Gasteiger partial charge is 0.454 e. The minimum Gasteiger partial charge on any atom is -0.454 e. The molecule has 1 amide bonds. The highest BCUT2D eigenvalue weighted by molar-refractivity contribution is 5.95. The number of fused-ring (bicyclic) bond motifs is 2. The van der Waals surface area contributed by atoms with Crippen LogP contribution in [0.25, 0.3) is 11.4 Å². The maximum Gasteiger partial charge on any atom is 0.270 e. The molecule has 0 fully saturated rings. The molecule has 2 aliphatic heterocycles. The minimum absolute atomic E-state index is 0.0716. The van der Waals surface area contributed by atoms with Crippen molar-refractivity contribution in [1.82, 2.24) is 14.8 Å². The molecule has 0 spiro atoms. The van der Waals surface area contributed by atoms with Gasteiger partial charge in [0.15, 0.2) is 17.3 Å². The Kier molecular flexibility index (Phi) is 4.10. The molecule has 0 aliphatic carbocycles. The zero-order chi connectivity index (χ0) is 21.7. The highest BCUT2D eigenvalue weighted by atomic mass is 16.7. The molecule has 3 heterocycles. The van der Waals surface area contributed by atoms with E-state index in [0.29, 0.717) is 39.8 Å². The van der Waals surface area contributed by atoms with Gasteiger partial charge in [-0.15, -0.1) is 5.10 Å². The van der Waals surface area contributed by atoms with Crippen LogP contribution in [0.1, 0.15) is 18.5 Å². The number of carbonyl (C=O) groups excluding carboxylic acids is 1. The number of amides is 1. The lowest BCUT2D eigenvalue weighted by atomic mass is 9.95. The van der Waals surface area contributed by atoms with E-state index in [1.165, 1.54) is 12.1 Å². The quantitative estimate of drug-likeness (QED) is 0.483. The molecule has 1 atom stereocenters. The topological polar surface area (TPSA) is 147 Å². The molecule has 31 heavy (non-hydrogen) atoms. The number of nitrogens with one attached hydrogen (secondary N) is 1. The molecule has 1 unspecified atom stereocenters. The molecular weight excluding hydrogens is 404 g/mol. The maximum absolute atomic E-state index is 12.3. The summed E-state index contributed by atoms with van der Waals surface area (Å²) < 4.78 is 12.4. The molecule has 0 bridgehead atoms. The SMILES string of the molecule is CC1=C(C(N)=O)C(c2ccc3c(c2)OCO3)n2nc(-c3cccc([N+](=O)[O-])c3)nc2N1. The van der Waals surface area contributed by atoms with Gasteiger partial charge in [-0.2, -0.15) is 4.98 Å². The second kappa shape index (κ2) is 6.83. The van der Waals surface area contributed by atoms with Gasteiger partial charge < -0.3 is 20.5 Å². The minimum atomic E-state index is -0.664. The van der Waals surface area contributed by atoms with Crippen LogP contribution in [-0.4, -0.2) is 32.4 Å². The van der Waals surface area contributed by atoms with Gasteiger partial charge in [0, 0.05) is 23.4 Å². The second-order valence-corrected chi connectivity index (χ2v) is 7.05. The van der Waals surface area contributed by atoms with Crippen LogP contribution in [0.3, 0.4) is 0 Å². The number of nitrogens with two attached hydrogens (primary N) is 1. The molecule has 0 saturated heterocycles. The van der Waals surface area contributed by atoms with Crippen molar-refractivity contribution in [3.05, 3.63) is 69.4 Å². The van der Waals surface area contributed by atoms with E-state index in [0.717, 1.165) is 0 Å². The monoisotopic (exact) mass is 420 g/mol. The zero-order valence-corrected chi connectivity index (χ0v) is 16.2. The van der Waals surface area contributed by atoms with Crippen molar-refractivity contribution in [2.24, 2.45) is 5.73 Å². The fraction of sp³-hybridized carbons (Fsp3) is 0.150. The van der Waals surface area contributed by atoms with E-state index in [4.69, 9.17) is 15.2 Å². The Morgan fingerprint density at radius 3 is 2.84 bits per heavy atom. The molecule has 11 nitrogen and oxygen atoms in total. The van der Waals surface area contributed by atoms with Crippen LogP contribution in [-0.2, 0) is 4.79 Å². The Hall–Kier alpha value is -4.41. The van der Waals surface area contributed by atoms with Gasteiger partial charge >= 0.3 is 0 Å². The Balaban J connectivity index is 1.65. The summed E-state index contributed by atoms with van der Waals surface area (Å²) in [7, 11) is 0. The molecule has 0 radical (unpaired) electrons. The summed E-state index contributed by atoms with van der Waals surface area (Å²) in [6.07, 6.45) is 0. The Morgan fingerprint density at radius 2 is 2.06 bits per heavy atom. The lowest BCUT2D eigenvalue weighted by Crippen LogP contribution is -2.31. The van der Waals surface area contributed by atoms with Gasteiger partial charge in [0.05, 0.1) is 10.5 Å². The summed E-state index contributed by atoms with van der Waals surface area (Å²) >= 11 is 0. The van der Waals surface area contributed by atoms with Gasteiger partial charge in [0.2, 0.25) is 18.6 Å². The average molecular weight is 420 g/mol. The van der Waals surface area contributed by atoms with Crippen molar-refractivity contribution in [2.75, 3.05) is 12.1 Å². The number of benzene rings is 2. The van der Waals surface area contributed by atoms with E-state index >= 15 is 0 Å². The standard InChI is InChI=1S/C20H16N6O5/c1-10-16(18(21)27)17(11-5-6-14-15(8-11)31-9-30-14)25-20(22-10)23-19(24-25)12-3-2-4-13(7-12)26(28)29/h2-8,17H,9H2,1H3,(H2,21,27)(H,22,23,24). The van der Waals surface area contributed by atoms with Crippen molar-refractivity contribution in [3.63, 3.8) is 0 Å². The van der Waals surface area contributed by atoms with Crippen molar-refractivity contribution in [1.29, 1.82) is 0 Å². The summed E-state index contributed by atoms with van der Waals surface area (Å²) in [5.74, 6) is 1.21. The predicted molar refractivity (Wildman–Crippen MR) is 108 cm³/mol. The van der Waals surface area contributed by atoms with Gasteiger partial charge in [-0.1, -0.05) is 18.2 Å². The van der Waals surface area contributed by atoms with E-state index in [2.05, 4.69) is 15.4 Å². The number of hydrogen-bond donors (Lipinski definition) is 2. The number of nitrogens with zero attached hydrogens (tertiary/aromatic N) is 4. The van der Waals surface area contributed by atoms with Gasteiger partial charge in [-0.3, -0.25) is 14.9 Å².